The second kappa shape index (κ2) is 11.6. The molecule has 1 amide bonds. The first-order valence-electron chi connectivity index (χ1n) is 10.5. The predicted molar refractivity (Wildman–Crippen MR) is 123 cm³/mol. The number of likely N-dealkylation sites (N-methyl/N-ethyl adjacent to an activating group) is 1. The second-order valence-electron chi connectivity index (χ2n) is 7.09. The number of ether oxygens (including phenoxy) is 3. The number of alkyl halides is 2. The summed E-state index contributed by atoms with van der Waals surface area (Å²) in [5, 5.41) is 2.66. The van der Waals surface area contributed by atoms with Crippen LogP contribution in [0.15, 0.2) is 47.8 Å². The molecule has 3 rings (SSSR count). The van der Waals surface area contributed by atoms with E-state index in [4.69, 9.17) is 9.47 Å². The maximum absolute atomic E-state index is 12.8. The molecule has 1 heterocycles. The fraction of sp³-hybridized carbons (Fsp3) is 0.333. The average Bonchev–Trinajstić information content (AvgIpc) is 3.24. The first kappa shape index (κ1) is 24.4. The Hall–Kier alpha value is -3.20. The van der Waals surface area contributed by atoms with Gasteiger partial charge in [0.25, 0.3) is 0 Å². The zero-order chi connectivity index (χ0) is 23.8. The molecule has 0 fully saturated rings. The van der Waals surface area contributed by atoms with E-state index in [2.05, 4.69) is 9.72 Å². The summed E-state index contributed by atoms with van der Waals surface area (Å²) in [6.45, 7) is 1.88. The van der Waals surface area contributed by atoms with E-state index in [1.165, 1.54) is 17.4 Å². The largest absolute Gasteiger partial charge is 0.493 e. The van der Waals surface area contributed by atoms with E-state index >= 15 is 0 Å². The molecule has 6 nitrogen and oxygen atoms in total. The number of halogens is 2. The lowest BCUT2D eigenvalue weighted by atomic mass is 10.2. The molecule has 0 N–H and O–H groups in total. The van der Waals surface area contributed by atoms with E-state index in [-0.39, 0.29) is 30.4 Å². The molecular weight excluding hydrogens is 450 g/mol. The van der Waals surface area contributed by atoms with Gasteiger partial charge in [0.05, 0.1) is 30.9 Å². The van der Waals surface area contributed by atoms with Crippen molar-refractivity contribution in [3.05, 3.63) is 59.1 Å². The van der Waals surface area contributed by atoms with Crippen molar-refractivity contribution in [1.82, 2.24) is 9.88 Å². The van der Waals surface area contributed by atoms with Crippen LogP contribution in [0.5, 0.6) is 17.2 Å². The van der Waals surface area contributed by atoms with Crippen LogP contribution in [0.1, 0.15) is 25.1 Å². The van der Waals surface area contributed by atoms with E-state index < -0.39 is 6.61 Å². The van der Waals surface area contributed by atoms with Gasteiger partial charge < -0.3 is 19.1 Å². The number of aromatic nitrogens is 1. The van der Waals surface area contributed by atoms with Gasteiger partial charge >= 0.3 is 6.61 Å². The molecule has 0 spiro atoms. The molecular formula is C24H26F2N2O4S. The van der Waals surface area contributed by atoms with Crippen molar-refractivity contribution < 1.29 is 27.8 Å². The van der Waals surface area contributed by atoms with Crippen LogP contribution >= 0.6 is 11.3 Å². The summed E-state index contributed by atoms with van der Waals surface area (Å²) in [5.41, 5.74) is 2.31. The second-order valence-corrected chi connectivity index (χ2v) is 7.95. The van der Waals surface area contributed by atoms with Crippen LogP contribution in [0.3, 0.4) is 0 Å². The zero-order valence-corrected chi connectivity index (χ0v) is 19.5. The zero-order valence-electron chi connectivity index (χ0n) is 18.7. The van der Waals surface area contributed by atoms with Gasteiger partial charge in [-0.1, -0.05) is 18.2 Å². The van der Waals surface area contributed by atoms with E-state index in [9.17, 15) is 13.6 Å². The first-order valence-corrected chi connectivity index (χ1v) is 11.4. The molecule has 176 valence electrons. The highest BCUT2D eigenvalue weighted by molar-refractivity contribution is 7.13. The molecule has 9 heteroatoms. The Labute approximate surface area is 195 Å². The smallest absolute Gasteiger partial charge is 0.387 e. The number of amides is 1. The lowest BCUT2D eigenvalue weighted by Gasteiger charge is -2.18. The van der Waals surface area contributed by atoms with Gasteiger partial charge in [0.15, 0.2) is 11.5 Å². The molecule has 0 aliphatic heterocycles. The number of carbonyl (C=O) groups is 1. The number of carbonyl (C=O) groups excluding carboxylic acids is 1. The van der Waals surface area contributed by atoms with Gasteiger partial charge in [-0.15, -0.1) is 11.3 Å². The molecule has 0 radical (unpaired) electrons. The Morgan fingerprint density at radius 3 is 2.52 bits per heavy atom. The quantitative estimate of drug-likeness (QED) is 0.370. The molecule has 1 aromatic heterocycles. The highest BCUT2D eigenvalue weighted by Crippen LogP contribution is 2.33. The van der Waals surface area contributed by atoms with E-state index in [0.29, 0.717) is 18.9 Å². The molecule has 3 aromatic rings. The minimum Gasteiger partial charge on any atom is -0.493 e. The normalized spacial score (nSPS) is 10.8. The molecule has 0 aliphatic rings. The lowest BCUT2D eigenvalue weighted by molar-refractivity contribution is -0.129. The summed E-state index contributed by atoms with van der Waals surface area (Å²) in [4.78, 5) is 18.9. The summed E-state index contributed by atoms with van der Waals surface area (Å²) < 4.78 is 40.8. The van der Waals surface area contributed by atoms with Crippen LogP contribution in [0.25, 0.3) is 10.6 Å². The highest BCUT2D eigenvalue weighted by atomic mass is 32.1. The summed E-state index contributed by atoms with van der Waals surface area (Å²) >= 11 is 1.46. The molecule has 0 bridgehead atoms. The number of hydrogen-bond acceptors (Lipinski definition) is 6. The summed E-state index contributed by atoms with van der Waals surface area (Å²) in [5.74, 6) is 0.824. The van der Waals surface area contributed by atoms with Crippen molar-refractivity contribution >= 4 is 17.2 Å². The monoisotopic (exact) mass is 476 g/mol. The molecule has 0 atom stereocenters. The minimum atomic E-state index is -2.94. The predicted octanol–water partition coefficient (Wildman–Crippen LogP) is 5.41. The molecule has 0 saturated carbocycles. The van der Waals surface area contributed by atoms with Crippen LogP contribution in [0.4, 0.5) is 8.78 Å². The Balaban J connectivity index is 1.66. The van der Waals surface area contributed by atoms with Crippen LogP contribution in [0, 0.1) is 0 Å². The van der Waals surface area contributed by atoms with Crippen LogP contribution in [-0.4, -0.2) is 42.7 Å². The fourth-order valence-electron chi connectivity index (χ4n) is 3.20. The topological polar surface area (TPSA) is 60.9 Å². The highest BCUT2D eigenvalue weighted by Gasteiger charge is 2.17. The van der Waals surface area contributed by atoms with E-state index in [1.807, 2.05) is 36.6 Å². The SMILES string of the molecule is CCOc1cc(CN(C)C(=O)Cc2csc(-c3ccccc3OCC)n2)ccc1OC(F)F. The van der Waals surface area contributed by atoms with Crippen molar-refractivity contribution in [2.24, 2.45) is 0 Å². The van der Waals surface area contributed by atoms with E-state index in [0.717, 1.165) is 21.9 Å². The van der Waals surface area contributed by atoms with Crippen molar-refractivity contribution in [3.63, 3.8) is 0 Å². The third-order valence-electron chi connectivity index (χ3n) is 4.67. The summed E-state index contributed by atoms with van der Waals surface area (Å²) in [6.07, 6.45) is 0.148. The number of rotatable bonds is 11. The van der Waals surface area contributed by atoms with Crippen LogP contribution in [-0.2, 0) is 17.8 Å². The molecule has 0 saturated heterocycles. The maximum atomic E-state index is 12.8. The number of para-hydroxylation sites is 1. The van der Waals surface area contributed by atoms with Gasteiger partial charge in [0.1, 0.15) is 10.8 Å². The molecule has 0 unspecified atom stereocenters. The number of benzene rings is 2. The lowest BCUT2D eigenvalue weighted by Crippen LogP contribution is -2.27. The van der Waals surface area contributed by atoms with Crippen LogP contribution in [0.2, 0.25) is 0 Å². The molecule has 2 aromatic carbocycles. The van der Waals surface area contributed by atoms with Crippen molar-refractivity contribution in [2.45, 2.75) is 33.4 Å². The number of thiazole rings is 1. The van der Waals surface area contributed by atoms with E-state index in [1.54, 1.807) is 31.0 Å². The Morgan fingerprint density at radius 2 is 1.79 bits per heavy atom. The van der Waals surface area contributed by atoms with Gasteiger partial charge in [-0.25, -0.2) is 4.98 Å². The Bertz CT molecular complexity index is 1070. The van der Waals surface area contributed by atoms with Crippen LogP contribution < -0.4 is 14.2 Å². The van der Waals surface area contributed by atoms with Crippen molar-refractivity contribution in [2.75, 3.05) is 20.3 Å². The summed E-state index contributed by atoms with van der Waals surface area (Å²) in [7, 11) is 1.68. The third-order valence-corrected chi connectivity index (χ3v) is 5.60. The fourth-order valence-corrected chi connectivity index (χ4v) is 4.05. The number of hydrogen-bond donors (Lipinski definition) is 0. The van der Waals surface area contributed by atoms with Gasteiger partial charge in [-0.05, 0) is 43.7 Å². The van der Waals surface area contributed by atoms with Crippen molar-refractivity contribution in [3.8, 4) is 27.8 Å². The minimum absolute atomic E-state index is 0.0353. The third kappa shape index (κ3) is 6.64. The van der Waals surface area contributed by atoms with Gasteiger partial charge in [0, 0.05) is 19.0 Å². The van der Waals surface area contributed by atoms with Gasteiger partial charge in [0.2, 0.25) is 5.91 Å². The maximum Gasteiger partial charge on any atom is 0.387 e. The standard InChI is InChI=1S/C24H26F2N2O4S/c1-4-30-19-9-7-6-8-18(19)23-27-17(15-33-23)13-22(29)28(3)14-16-10-11-20(32-24(25)26)21(12-16)31-5-2/h6-12,15,24H,4-5,13-14H2,1-3H3. The van der Waals surface area contributed by atoms with Crippen molar-refractivity contribution in [1.29, 1.82) is 0 Å². The number of nitrogens with zero attached hydrogens (tertiary/aromatic N) is 2. The first-order chi connectivity index (χ1) is 15.9. The van der Waals surface area contributed by atoms with Gasteiger partial charge in [-0.3, -0.25) is 4.79 Å². The Kier molecular flexibility index (Phi) is 8.59. The summed E-state index contributed by atoms with van der Waals surface area (Å²) in [6, 6.07) is 12.3. The Morgan fingerprint density at radius 1 is 1.06 bits per heavy atom. The van der Waals surface area contributed by atoms with Gasteiger partial charge in [-0.2, -0.15) is 8.78 Å². The molecule has 0 aliphatic carbocycles. The molecule has 33 heavy (non-hydrogen) atoms. The average molecular weight is 477 g/mol.